The van der Waals surface area contributed by atoms with E-state index in [-0.39, 0.29) is 11.6 Å². The second-order valence-electron chi connectivity index (χ2n) is 5.88. The van der Waals surface area contributed by atoms with Gasteiger partial charge in [0.2, 0.25) is 0 Å². The summed E-state index contributed by atoms with van der Waals surface area (Å²) in [6.07, 6.45) is 1.14. The average Bonchev–Trinajstić information content (AvgIpc) is 2.18. The summed E-state index contributed by atoms with van der Waals surface area (Å²) in [7, 11) is 1.96. The summed E-state index contributed by atoms with van der Waals surface area (Å²) in [5, 5.41) is 3.29. The maximum atomic E-state index is 6.18. The van der Waals surface area contributed by atoms with Crippen LogP contribution in [0.2, 0.25) is 0 Å². The first-order valence-corrected chi connectivity index (χ1v) is 6.39. The molecule has 1 atom stereocenters. The molecule has 0 saturated heterocycles. The Bertz CT molecular complexity index is 333. The van der Waals surface area contributed by atoms with Crippen LogP contribution in [-0.2, 0) is 6.42 Å². The Kier molecular flexibility index (Phi) is 4.72. The summed E-state index contributed by atoms with van der Waals surface area (Å²) in [5.41, 5.74) is 8.58. The van der Waals surface area contributed by atoms with Crippen molar-refractivity contribution in [3.8, 4) is 0 Å². The van der Waals surface area contributed by atoms with E-state index < -0.39 is 0 Å². The number of nitrogens with two attached hydrogens (primary N) is 1. The minimum absolute atomic E-state index is 0.190. The third kappa shape index (κ3) is 4.14. The van der Waals surface area contributed by atoms with Gasteiger partial charge >= 0.3 is 0 Å². The Morgan fingerprint density at radius 3 is 2.06 bits per heavy atom. The summed E-state index contributed by atoms with van der Waals surface area (Å²) >= 11 is 0. The molecule has 1 rings (SSSR count). The van der Waals surface area contributed by atoms with Crippen LogP contribution in [0.5, 0.6) is 0 Å². The summed E-state index contributed by atoms with van der Waals surface area (Å²) in [6.45, 7) is 8.59. The second-order valence-corrected chi connectivity index (χ2v) is 5.88. The Labute approximate surface area is 106 Å². The number of hydrogen-bond donors (Lipinski definition) is 2. The molecule has 0 aliphatic rings. The van der Waals surface area contributed by atoms with Crippen molar-refractivity contribution in [1.29, 1.82) is 0 Å². The number of hydrogen-bond acceptors (Lipinski definition) is 2. The molecule has 1 aromatic rings. The molecule has 0 saturated carbocycles. The topological polar surface area (TPSA) is 38.0 Å². The summed E-state index contributed by atoms with van der Waals surface area (Å²) in [4.78, 5) is 0. The third-order valence-corrected chi connectivity index (χ3v) is 2.99. The van der Waals surface area contributed by atoms with Gasteiger partial charge in [0.05, 0.1) is 0 Å². The van der Waals surface area contributed by atoms with Gasteiger partial charge in [-0.25, -0.2) is 0 Å². The van der Waals surface area contributed by atoms with Crippen molar-refractivity contribution in [3.63, 3.8) is 0 Å². The monoisotopic (exact) mass is 234 g/mol. The quantitative estimate of drug-likeness (QED) is 0.822. The Morgan fingerprint density at radius 1 is 1.18 bits per heavy atom. The van der Waals surface area contributed by atoms with E-state index in [4.69, 9.17) is 5.73 Å². The molecule has 0 fully saturated rings. The lowest BCUT2D eigenvalue weighted by Gasteiger charge is -2.30. The van der Waals surface area contributed by atoms with Crippen molar-refractivity contribution in [2.45, 2.75) is 45.7 Å². The smallest absolute Gasteiger partial charge is 0.0495 e. The number of nitrogens with one attached hydrogen (secondary N) is 1. The van der Waals surface area contributed by atoms with E-state index in [1.165, 1.54) is 11.1 Å². The predicted molar refractivity (Wildman–Crippen MR) is 75.1 cm³/mol. The van der Waals surface area contributed by atoms with Gasteiger partial charge in [-0.15, -0.1) is 0 Å². The van der Waals surface area contributed by atoms with Gasteiger partial charge in [-0.05, 0) is 44.4 Å². The zero-order valence-corrected chi connectivity index (χ0v) is 11.7. The van der Waals surface area contributed by atoms with Crippen molar-refractivity contribution >= 4 is 0 Å². The van der Waals surface area contributed by atoms with Crippen LogP contribution in [0, 0.1) is 5.92 Å². The summed E-state index contributed by atoms with van der Waals surface area (Å²) in [6, 6.07) is 8.99. The minimum Gasteiger partial charge on any atom is -0.324 e. The molecule has 0 heterocycles. The van der Waals surface area contributed by atoms with Crippen molar-refractivity contribution in [3.05, 3.63) is 35.4 Å². The van der Waals surface area contributed by atoms with Crippen LogP contribution in [0.3, 0.4) is 0 Å². The number of benzene rings is 1. The molecule has 2 heteroatoms. The molecule has 1 unspecified atom stereocenters. The van der Waals surface area contributed by atoms with Gasteiger partial charge in [0.25, 0.3) is 0 Å². The van der Waals surface area contributed by atoms with Crippen molar-refractivity contribution in [2.24, 2.45) is 11.7 Å². The highest BCUT2D eigenvalue weighted by molar-refractivity contribution is 5.27. The first-order chi connectivity index (χ1) is 7.84. The van der Waals surface area contributed by atoms with Gasteiger partial charge in [-0.1, -0.05) is 38.1 Å². The zero-order chi connectivity index (χ0) is 13.1. The van der Waals surface area contributed by atoms with Crippen LogP contribution in [0.25, 0.3) is 0 Å². The van der Waals surface area contributed by atoms with Gasteiger partial charge in [0.1, 0.15) is 0 Å². The Balaban J connectivity index is 2.86. The van der Waals surface area contributed by atoms with Crippen LogP contribution in [-0.4, -0.2) is 12.6 Å². The van der Waals surface area contributed by atoms with E-state index in [0.717, 1.165) is 6.42 Å². The van der Waals surface area contributed by atoms with Crippen molar-refractivity contribution < 1.29 is 0 Å². The molecule has 3 N–H and O–H groups in total. The summed E-state index contributed by atoms with van der Waals surface area (Å²) in [5.74, 6) is 0.701. The van der Waals surface area contributed by atoms with Crippen LogP contribution < -0.4 is 11.1 Å². The maximum absolute atomic E-state index is 6.18. The first-order valence-electron chi connectivity index (χ1n) is 6.39. The van der Waals surface area contributed by atoms with Gasteiger partial charge in [-0.2, -0.15) is 0 Å². The SMILES string of the molecule is CNC(c1ccc(CC(C)C)cc1)C(C)(C)N. The van der Waals surface area contributed by atoms with E-state index >= 15 is 0 Å². The Morgan fingerprint density at radius 2 is 1.71 bits per heavy atom. The molecule has 0 aromatic heterocycles. The fourth-order valence-electron chi connectivity index (χ4n) is 2.29. The standard InChI is InChI=1S/C15H26N2/c1-11(2)10-12-6-8-13(9-7-12)14(17-5)15(3,4)16/h6-9,11,14,17H,10,16H2,1-5H3. The molecule has 0 spiro atoms. The lowest BCUT2D eigenvalue weighted by molar-refractivity contribution is 0.370. The lowest BCUT2D eigenvalue weighted by Crippen LogP contribution is -2.45. The molecule has 96 valence electrons. The highest BCUT2D eigenvalue weighted by Crippen LogP contribution is 2.23. The second kappa shape index (κ2) is 5.65. The van der Waals surface area contributed by atoms with Crippen LogP contribution in [0.1, 0.15) is 44.9 Å². The predicted octanol–water partition coefficient (Wildman–Crippen LogP) is 2.88. The highest BCUT2D eigenvalue weighted by Gasteiger charge is 2.24. The molecular weight excluding hydrogens is 208 g/mol. The molecule has 1 aromatic carbocycles. The fourth-order valence-corrected chi connectivity index (χ4v) is 2.29. The van der Waals surface area contributed by atoms with Crippen LogP contribution >= 0.6 is 0 Å². The zero-order valence-electron chi connectivity index (χ0n) is 11.7. The minimum atomic E-state index is -0.256. The fraction of sp³-hybridized carbons (Fsp3) is 0.600. The van der Waals surface area contributed by atoms with E-state index in [0.29, 0.717) is 5.92 Å². The molecule has 0 bridgehead atoms. The third-order valence-electron chi connectivity index (χ3n) is 2.99. The maximum Gasteiger partial charge on any atom is 0.0495 e. The van der Waals surface area contributed by atoms with Gasteiger partial charge < -0.3 is 11.1 Å². The summed E-state index contributed by atoms with van der Waals surface area (Å²) < 4.78 is 0. The van der Waals surface area contributed by atoms with E-state index in [2.05, 4.69) is 57.3 Å². The molecule has 0 aliphatic carbocycles. The average molecular weight is 234 g/mol. The highest BCUT2D eigenvalue weighted by atomic mass is 14.9. The molecule has 0 aliphatic heterocycles. The van der Waals surface area contributed by atoms with Crippen molar-refractivity contribution in [2.75, 3.05) is 7.05 Å². The first kappa shape index (κ1) is 14.2. The van der Waals surface area contributed by atoms with E-state index in [1.807, 2.05) is 7.05 Å². The van der Waals surface area contributed by atoms with E-state index in [9.17, 15) is 0 Å². The number of likely N-dealkylation sites (N-methyl/N-ethyl adjacent to an activating group) is 1. The van der Waals surface area contributed by atoms with Crippen molar-refractivity contribution in [1.82, 2.24) is 5.32 Å². The number of rotatable bonds is 5. The van der Waals surface area contributed by atoms with E-state index in [1.54, 1.807) is 0 Å². The molecule has 17 heavy (non-hydrogen) atoms. The molecule has 0 amide bonds. The van der Waals surface area contributed by atoms with Gasteiger partial charge in [0, 0.05) is 11.6 Å². The Hall–Kier alpha value is -0.860. The molecular formula is C15H26N2. The molecule has 2 nitrogen and oxygen atoms in total. The van der Waals surface area contributed by atoms with Gasteiger partial charge in [-0.3, -0.25) is 0 Å². The molecule has 0 radical (unpaired) electrons. The lowest BCUT2D eigenvalue weighted by atomic mass is 9.89. The van der Waals surface area contributed by atoms with Crippen LogP contribution in [0.4, 0.5) is 0 Å². The van der Waals surface area contributed by atoms with Gasteiger partial charge in [0.15, 0.2) is 0 Å². The van der Waals surface area contributed by atoms with Crippen LogP contribution in [0.15, 0.2) is 24.3 Å². The largest absolute Gasteiger partial charge is 0.324 e. The normalized spacial score (nSPS) is 14.1.